The van der Waals surface area contributed by atoms with E-state index in [4.69, 9.17) is 0 Å². The number of amides is 1. The van der Waals surface area contributed by atoms with Crippen molar-refractivity contribution in [2.75, 3.05) is 6.54 Å². The Kier molecular flexibility index (Phi) is 3.87. The van der Waals surface area contributed by atoms with Crippen LogP contribution in [-0.2, 0) is 7.05 Å². The molecule has 0 aliphatic carbocycles. The van der Waals surface area contributed by atoms with Crippen molar-refractivity contribution in [1.29, 1.82) is 0 Å². The Morgan fingerprint density at radius 3 is 2.56 bits per heavy atom. The third-order valence-corrected chi connectivity index (χ3v) is 5.53. The van der Waals surface area contributed by atoms with Gasteiger partial charge in [0, 0.05) is 41.3 Å². The van der Waals surface area contributed by atoms with Crippen molar-refractivity contribution in [3.05, 3.63) is 70.9 Å². The molecule has 0 unspecified atom stereocenters. The van der Waals surface area contributed by atoms with Crippen molar-refractivity contribution in [3.8, 4) is 0 Å². The molecule has 0 fully saturated rings. The number of carbonyl (C=O) groups is 1. The van der Waals surface area contributed by atoms with Gasteiger partial charge in [-0.3, -0.25) is 4.79 Å². The lowest BCUT2D eigenvalue weighted by Crippen LogP contribution is -2.30. The highest BCUT2D eigenvalue weighted by atomic mass is 16.2. The number of carbonyl (C=O) groups excluding carboxylic acids is 1. The molecule has 0 saturated carbocycles. The largest absolute Gasteiger partial charge is 0.348 e. The number of hydrogen-bond acceptors (Lipinski definition) is 1. The minimum absolute atomic E-state index is 0.0151. The van der Waals surface area contributed by atoms with E-state index < -0.39 is 0 Å². The summed E-state index contributed by atoms with van der Waals surface area (Å²) in [6.07, 6.45) is 2.11. The average Bonchev–Trinajstić information content (AvgIpc) is 3.06. The molecule has 1 atom stereocenters. The van der Waals surface area contributed by atoms with E-state index in [-0.39, 0.29) is 11.9 Å². The normalized spacial score (nSPS) is 16.7. The van der Waals surface area contributed by atoms with E-state index in [1.54, 1.807) is 0 Å². The van der Waals surface area contributed by atoms with Gasteiger partial charge in [-0.2, -0.15) is 0 Å². The number of nitrogens with zero attached hydrogens (tertiary/aromatic N) is 2. The van der Waals surface area contributed by atoms with Crippen LogP contribution in [0.1, 0.15) is 53.0 Å². The second-order valence-electron chi connectivity index (χ2n) is 6.92. The lowest BCUT2D eigenvalue weighted by Gasteiger charge is -2.26. The minimum Gasteiger partial charge on any atom is -0.348 e. The van der Waals surface area contributed by atoms with Crippen LogP contribution in [0, 0.1) is 6.92 Å². The maximum atomic E-state index is 13.1. The van der Waals surface area contributed by atoms with E-state index in [1.165, 1.54) is 22.2 Å². The standard InChI is InChI=1S/C22H24N2O/c1-4-5-14-24-21(16-10-6-7-11-17(16)22(24)25)20-15(2)23(3)19-13-9-8-12-18(19)20/h6-13,21H,4-5,14H2,1-3H3/t21-/m0/s1. The molecule has 1 aliphatic rings. The molecular weight excluding hydrogens is 308 g/mol. The van der Waals surface area contributed by atoms with Crippen LogP contribution >= 0.6 is 0 Å². The second kappa shape index (κ2) is 6.07. The van der Waals surface area contributed by atoms with E-state index in [1.807, 2.05) is 18.2 Å². The van der Waals surface area contributed by atoms with Crippen molar-refractivity contribution >= 4 is 16.8 Å². The maximum absolute atomic E-state index is 13.1. The molecule has 128 valence electrons. The predicted molar refractivity (Wildman–Crippen MR) is 102 cm³/mol. The Labute approximate surface area is 148 Å². The monoisotopic (exact) mass is 332 g/mol. The molecule has 0 radical (unpaired) electrons. The van der Waals surface area contributed by atoms with Crippen LogP contribution < -0.4 is 0 Å². The van der Waals surface area contributed by atoms with Crippen molar-refractivity contribution in [1.82, 2.24) is 9.47 Å². The molecule has 25 heavy (non-hydrogen) atoms. The van der Waals surface area contributed by atoms with Gasteiger partial charge in [0.2, 0.25) is 0 Å². The highest BCUT2D eigenvalue weighted by Gasteiger charge is 2.39. The Bertz CT molecular complexity index is 954. The number of aromatic nitrogens is 1. The Morgan fingerprint density at radius 1 is 1.04 bits per heavy atom. The summed E-state index contributed by atoms with van der Waals surface area (Å²) < 4.78 is 2.24. The van der Waals surface area contributed by atoms with Crippen LogP contribution in [-0.4, -0.2) is 21.9 Å². The molecular formula is C22H24N2O. The van der Waals surface area contributed by atoms with Crippen LogP contribution in [0.2, 0.25) is 0 Å². The van der Waals surface area contributed by atoms with Gasteiger partial charge in [0.1, 0.15) is 0 Å². The topological polar surface area (TPSA) is 25.2 Å². The molecule has 1 amide bonds. The lowest BCUT2D eigenvalue weighted by molar-refractivity contribution is 0.0747. The van der Waals surface area contributed by atoms with Crippen molar-refractivity contribution in [2.24, 2.45) is 7.05 Å². The zero-order valence-corrected chi connectivity index (χ0v) is 15.1. The third kappa shape index (κ3) is 2.30. The predicted octanol–water partition coefficient (Wildman–Crippen LogP) is 4.83. The van der Waals surface area contributed by atoms with Crippen LogP contribution in [0.15, 0.2) is 48.5 Å². The molecule has 3 aromatic rings. The first-order valence-electron chi connectivity index (χ1n) is 9.09. The quantitative estimate of drug-likeness (QED) is 0.671. The molecule has 4 rings (SSSR count). The van der Waals surface area contributed by atoms with Crippen LogP contribution in [0.4, 0.5) is 0 Å². The third-order valence-electron chi connectivity index (χ3n) is 5.53. The molecule has 0 saturated heterocycles. The Hall–Kier alpha value is -2.55. The fraction of sp³-hybridized carbons (Fsp3) is 0.318. The van der Waals surface area contributed by atoms with E-state index in [0.717, 1.165) is 30.5 Å². The first kappa shape index (κ1) is 15.9. The van der Waals surface area contributed by atoms with Gasteiger partial charge in [-0.1, -0.05) is 49.7 Å². The van der Waals surface area contributed by atoms with Gasteiger partial charge in [0.15, 0.2) is 0 Å². The fourth-order valence-electron chi connectivity index (χ4n) is 4.14. The van der Waals surface area contributed by atoms with Gasteiger partial charge in [-0.15, -0.1) is 0 Å². The summed E-state index contributed by atoms with van der Waals surface area (Å²) in [5.41, 5.74) is 5.73. The second-order valence-corrected chi connectivity index (χ2v) is 6.92. The summed E-state index contributed by atoms with van der Waals surface area (Å²) in [4.78, 5) is 15.1. The number of hydrogen-bond donors (Lipinski definition) is 0. The average molecular weight is 332 g/mol. The number of fused-ring (bicyclic) bond motifs is 2. The molecule has 3 nitrogen and oxygen atoms in total. The highest BCUT2D eigenvalue weighted by Crippen LogP contribution is 2.43. The molecule has 0 N–H and O–H groups in total. The van der Waals surface area contributed by atoms with E-state index in [9.17, 15) is 4.79 Å². The zero-order chi connectivity index (χ0) is 17.6. The van der Waals surface area contributed by atoms with E-state index >= 15 is 0 Å². The number of aryl methyl sites for hydroxylation is 1. The molecule has 1 aliphatic heterocycles. The SMILES string of the molecule is CCCCN1C(=O)c2ccccc2[C@H]1c1c(C)n(C)c2ccccc12. The van der Waals surface area contributed by atoms with Gasteiger partial charge >= 0.3 is 0 Å². The highest BCUT2D eigenvalue weighted by molar-refractivity contribution is 6.01. The maximum Gasteiger partial charge on any atom is 0.255 e. The van der Waals surface area contributed by atoms with Crippen LogP contribution in [0.25, 0.3) is 10.9 Å². The Balaban J connectivity index is 1.96. The summed E-state index contributed by atoms with van der Waals surface area (Å²) in [7, 11) is 2.11. The molecule has 3 heteroatoms. The van der Waals surface area contributed by atoms with Crippen LogP contribution in [0.3, 0.4) is 0 Å². The fourth-order valence-corrected chi connectivity index (χ4v) is 4.14. The van der Waals surface area contributed by atoms with Gasteiger partial charge in [-0.05, 0) is 31.0 Å². The zero-order valence-electron chi connectivity index (χ0n) is 15.1. The number of para-hydroxylation sites is 1. The Morgan fingerprint density at radius 2 is 1.76 bits per heavy atom. The molecule has 0 spiro atoms. The smallest absolute Gasteiger partial charge is 0.255 e. The minimum atomic E-state index is 0.0151. The summed E-state index contributed by atoms with van der Waals surface area (Å²) in [5, 5.41) is 1.25. The first-order valence-corrected chi connectivity index (χ1v) is 9.09. The number of rotatable bonds is 4. The summed E-state index contributed by atoms with van der Waals surface area (Å²) in [6.45, 7) is 5.14. The molecule has 0 bridgehead atoms. The van der Waals surface area contributed by atoms with Crippen molar-refractivity contribution in [2.45, 2.75) is 32.7 Å². The molecule has 2 aromatic carbocycles. The van der Waals surface area contributed by atoms with Gasteiger partial charge in [-0.25, -0.2) is 0 Å². The lowest BCUT2D eigenvalue weighted by atomic mass is 9.95. The number of unbranched alkanes of at least 4 members (excludes halogenated alkanes) is 1. The van der Waals surface area contributed by atoms with E-state index in [0.29, 0.717) is 0 Å². The molecule has 2 heterocycles. The van der Waals surface area contributed by atoms with Crippen molar-refractivity contribution < 1.29 is 4.79 Å². The van der Waals surface area contributed by atoms with Gasteiger partial charge in [0.05, 0.1) is 6.04 Å². The van der Waals surface area contributed by atoms with Crippen molar-refractivity contribution in [3.63, 3.8) is 0 Å². The summed E-state index contributed by atoms with van der Waals surface area (Å²) in [6, 6.07) is 16.6. The van der Waals surface area contributed by atoms with Crippen LogP contribution in [0.5, 0.6) is 0 Å². The summed E-state index contributed by atoms with van der Waals surface area (Å²) >= 11 is 0. The van der Waals surface area contributed by atoms with Gasteiger partial charge < -0.3 is 9.47 Å². The van der Waals surface area contributed by atoms with Gasteiger partial charge in [0.25, 0.3) is 5.91 Å². The number of benzene rings is 2. The first-order chi connectivity index (χ1) is 12.1. The van der Waals surface area contributed by atoms with E-state index in [2.05, 4.69) is 60.7 Å². The summed E-state index contributed by atoms with van der Waals surface area (Å²) in [5.74, 6) is 0.168. The molecule has 1 aromatic heterocycles.